The van der Waals surface area contributed by atoms with Crippen molar-refractivity contribution in [2.75, 3.05) is 13.7 Å². The van der Waals surface area contributed by atoms with Crippen LogP contribution in [-0.4, -0.2) is 63.0 Å². The average molecular weight is 425 g/mol. The summed E-state index contributed by atoms with van der Waals surface area (Å²) in [5.74, 6) is 0.0865. The van der Waals surface area contributed by atoms with Gasteiger partial charge in [-0.3, -0.25) is 9.78 Å². The highest BCUT2D eigenvalue weighted by molar-refractivity contribution is 5.94. The van der Waals surface area contributed by atoms with E-state index in [1.807, 2.05) is 25.1 Å². The third-order valence-corrected chi connectivity index (χ3v) is 7.19. The number of ether oxygens (including phenoxy) is 1. The molecule has 2 aromatic rings. The maximum absolute atomic E-state index is 13.1. The van der Waals surface area contributed by atoms with E-state index in [4.69, 9.17) is 4.74 Å². The molecule has 0 radical (unpaired) electrons. The average Bonchev–Trinajstić information content (AvgIpc) is 2.86. The number of pyridine rings is 1. The van der Waals surface area contributed by atoms with Crippen LogP contribution in [0.2, 0.25) is 0 Å². The quantitative estimate of drug-likeness (QED) is 0.771. The molecule has 1 aromatic carbocycles. The van der Waals surface area contributed by atoms with Crippen molar-refractivity contribution >= 4 is 5.91 Å². The van der Waals surface area contributed by atoms with Crippen LogP contribution in [0.5, 0.6) is 0 Å². The number of likely N-dealkylation sites (N-methyl/N-ethyl adjacent to an activating group) is 1. The van der Waals surface area contributed by atoms with Crippen LogP contribution in [0.4, 0.5) is 0 Å². The fraction of sp³-hybridized carbons (Fsp3) is 0.520. The number of fused-ring (bicyclic) bond motifs is 2. The van der Waals surface area contributed by atoms with Crippen LogP contribution in [-0.2, 0) is 4.74 Å². The van der Waals surface area contributed by atoms with Crippen LogP contribution in [0, 0.1) is 0 Å². The zero-order valence-corrected chi connectivity index (χ0v) is 18.3. The van der Waals surface area contributed by atoms with Gasteiger partial charge in [-0.05, 0) is 62.6 Å². The number of aromatic nitrogens is 1. The molecule has 1 amide bonds. The Bertz CT molecular complexity index is 893. The topological polar surface area (TPSA) is 82.9 Å². The van der Waals surface area contributed by atoms with E-state index < -0.39 is 17.3 Å². The molecule has 2 fully saturated rings. The first-order valence-corrected chi connectivity index (χ1v) is 11.1. The van der Waals surface area contributed by atoms with Crippen LogP contribution in [0.3, 0.4) is 0 Å². The minimum atomic E-state index is -0.838. The summed E-state index contributed by atoms with van der Waals surface area (Å²) in [5.41, 5.74) is 0.446. The normalized spacial score (nSPS) is 32.8. The molecule has 2 aliphatic heterocycles. The smallest absolute Gasteiger partial charge is 0.254 e. The Labute approximate surface area is 183 Å². The predicted octanol–water partition coefficient (Wildman–Crippen LogP) is 3.15. The number of aliphatic hydroxyl groups excluding tert-OH is 2. The molecule has 31 heavy (non-hydrogen) atoms. The van der Waals surface area contributed by atoms with Gasteiger partial charge < -0.3 is 19.8 Å². The summed E-state index contributed by atoms with van der Waals surface area (Å²) in [4.78, 5) is 18.7. The summed E-state index contributed by atoms with van der Waals surface area (Å²) in [6, 6.07) is 13.3. The highest BCUT2D eigenvalue weighted by atomic mass is 16.5. The molecule has 0 saturated carbocycles. The second-order valence-electron chi connectivity index (χ2n) is 9.29. The number of carbonyl (C=O) groups excluding carboxylic acids is 1. The summed E-state index contributed by atoms with van der Waals surface area (Å²) in [6.45, 7) is 1.99. The first kappa shape index (κ1) is 21.9. The van der Waals surface area contributed by atoms with Gasteiger partial charge in [0, 0.05) is 31.6 Å². The monoisotopic (exact) mass is 424 g/mol. The molecule has 0 spiro atoms. The number of benzene rings is 1. The predicted molar refractivity (Wildman–Crippen MR) is 118 cm³/mol. The standard InChI is InChI=1S/C25H32N2O4/c1-24-16-20(18-6-4-3-5-7-18)17-25(31-24,12-15-28)11-8-21(22(24)29)27(2)23(30)19-9-13-26-14-10-19/h3-7,9-10,13-14,20-22,28-29H,8,11-12,15-17H2,1-2H3/t20-,21+,22-,24+,25-/m1/s1. The Morgan fingerprint density at radius 3 is 2.58 bits per heavy atom. The van der Waals surface area contributed by atoms with E-state index in [2.05, 4.69) is 17.1 Å². The Morgan fingerprint density at radius 1 is 1.19 bits per heavy atom. The Morgan fingerprint density at radius 2 is 1.90 bits per heavy atom. The van der Waals surface area contributed by atoms with Gasteiger partial charge in [0.1, 0.15) is 6.10 Å². The third kappa shape index (κ3) is 4.25. The van der Waals surface area contributed by atoms with Gasteiger partial charge in [0.2, 0.25) is 0 Å². The highest BCUT2D eigenvalue weighted by Gasteiger charge is 2.55. The number of amides is 1. The first-order valence-electron chi connectivity index (χ1n) is 11.1. The van der Waals surface area contributed by atoms with Gasteiger partial charge in [-0.25, -0.2) is 0 Å². The van der Waals surface area contributed by atoms with Crippen molar-refractivity contribution in [2.24, 2.45) is 0 Å². The molecule has 4 rings (SSSR count). The van der Waals surface area contributed by atoms with Crippen LogP contribution >= 0.6 is 0 Å². The zero-order valence-electron chi connectivity index (χ0n) is 18.3. The van der Waals surface area contributed by atoms with Gasteiger partial charge in [-0.1, -0.05) is 30.3 Å². The summed E-state index contributed by atoms with van der Waals surface area (Å²) >= 11 is 0. The van der Waals surface area contributed by atoms with E-state index >= 15 is 0 Å². The van der Waals surface area contributed by atoms with E-state index in [1.165, 1.54) is 5.56 Å². The molecule has 2 saturated heterocycles. The third-order valence-electron chi connectivity index (χ3n) is 7.19. The molecule has 0 aliphatic carbocycles. The number of rotatable bonds is 5. The fourth-order valence-electron chi connectivity index (χ4n) is 5.60. The summed E-state index contributed by atoms with van der Waals surface area (Å²) in [6.07, 6.45) is 5.65. The molecule has 6 heteroatoms. The molecule has 2 bridgehead atoms. The van der Waals surface area contributed by atoms with Crippen molar-refractivity contribution in [3.05, 3.63) is 66.0 Å². The van der Waals surface area contributed by atoms with E-state index in [0.717, 1.165) is 6.42 Å². The molecule has 3 heterocycles. The second-order valence-corrected chi connectivity index (χ2v) is 9.29. The molecule has 2 aliphatic rings. The highest BCUT2D eigenvalue weighted by Crippen LogP contribution is 2.51. The lowest BCUT2D eigenvalue weighted by Crippen LogP contribution is -2.58. The van der Waals surface area contributed by atoms with Crippen molar-refractivity contribution in [1.29, 1.82) is 0 Å². The molecular weight excluding hydrogens is 392 g/mol. The minimum Gasteiger partial charge on any atom is -0.396 e. The van der Waals surface area contributed by atoms with Crippen molar-refractivity contribution in [2.45, 2.75) is 68.3 Å². The summed E-state index contributed by atoms with van der Waals surface area (Å²) in [5, 5.41) is 21.4. The van der Waals surface area contributed by atoms with Gasteiger partial charge in [0.15, 0.2) is 0 Å². The maximum Gasteiger partial charge on any atom is 0.254 e. The Hall–Kier alpha value is -2.28. The van der Waals surface area contributed by atoms with E-state index in [9.17, 15) is 15.0 Å². The molecule has 166 valence electrons. The van der Waals surface area contributed by atoms with Gasteiger partial charge in [-0.2, -0.15) is 0 Å². The van der Waals surface area contributed by atoms with E-state index in [0.29, 0.717) is 31.2 Å². The molecule has 2 N–H and O–H groups in total. The van der Waals surface area contributed by atoms with Crippen LogP contribution < -0.4 is 0 Å². The summed E-state index contributed by atoms with van der Waals surface area (Å²) < 4.78 is 6.63. The largest absolute Gasteiger partial charge is 0.396 e. The lowest BCUT2D eigenvalue weighted by Gasteiger charge is -2.50. The Balaban J connectivity index is 1.66. The number of hydrogen-bond acceptors (Lipinski definition) is 5. The van der Waals surface area contributed by atoms with Gasteiger partial charge >= 0.3 is 0 Å². The van der Waals surface area contributed by atoms with Crippen molar-refractivity contribution < 1.29 is 19.7 Å². The number of aliphatic hydroxyl groups is 2. The van der Waals surface area contributed by atoms with Gasteiger partial charge in [-0.15, -0.1) is 0 Å². The maximum atomic E-state index is 13.1. The molecule has 0 unspecified atom stereocenters. The zero-order chi connectivity index (χ0) is 22.1. The lowest BCUT2D eigenvalue weighted by molar-refractivity contribution is -0.225. The number of hydrogen-bond donors (Lipinski definition) is 2. The Kier molecular flexibility index (Phi) is 6.15. The molecule has 1 aromatic heterocycles. The minimum absolute atomic E-state index is 0.0319. The molecular formula is C25H32N2O4. The van der Waals surface area contributed by atoms with Crippen molar-refractivity contribution in [1.82, 2.24) is 9.88 Å². The first-order chi connectivity index (χ1) is 14.9. The van der Waals surface area contributed by atoms with Crippen LogP contribution in [0.25, 0.3) is 0 Å². The van der Waals surface area contributed by atoms with Crippen LogP contribution in [0.1, 0.15) is 60.9 Å². The second kappa shape index (κ2) is 8.69. The molecule has 5 atom stereocenters. The van der Waals surface area contributed by atoms with E-state index in [-0.39, 0.29) is 24.5 Å². The van der Waals surface area contributed by atoms with Gasteiger partial charge in [0.05, 0.1) is 17.2 Å². The van der Waals surface area contributed by atoms with E-state index in [1.54, 1.807) is 36.5 Å². The van der Waals surface area contributed by atoms with Gasteiger partial charge in [0.25, 0.3) is 5.91 Å². The lowest BCUT2D eigenvalue weighted by atomic mass is 9.73. The SMILES string of the molecule is CN(C(=O)c1ccncc1)[C@H]1CC[C@@]2(CCO)C[C@H](c3ccccc3)C[C@](C)(O2)[C@@H]1O. The fourth-order valence-corrected chi connectivity index (χ4v) is 5.60. The van der Waals surface area contributed by atoms with Crippen LogP contribution in [0.15, 0.2) is 54.9 Å². The van der Waals surface area contributed by atoms with Crippen molar-refractivity contribution in [3.8, 4) is 0 Å². The number of carbonyl (C=O) groups is 1. The molecule has 6 nitrogen and oxygen atoms in total. The van der Waals surface area contributed by atoms with Crippen molar-refractivity contribution in [3.63, 3.8) is 0 Å². The summed E-state index contributed by atoms with van der Waals surface area (Å²) in [7, 11) is 1.75. The number of nitrogens with zero attached hydrogens (tertiary/aromatic N) is 2.